The van der Waals surface area contributed by atoms with E-state index in [0.717, 1.165) is 12.3 Å². The molecule has 0 radical (unpaired) electrons. The summed E-state index contributed by atoms with van der Waals surface area (Å²) < 4.78 is 1.25. The van der Waals surface area contributed by atoms with Crippen LogP contribution in [-0.4, -0.2) is 11.5 Å². The van der Waals surface area contributed by atoms with Crippen LogP contribution in [0, 0.1) is 0 Å². The highest BCUT2D eigenvalue weighted by Gasteiger charge is 2.28. The van der Waals surface area contributed by atoms with Crippen LogP contribution in [0.1, 0.15) is 30.0 Å². The lowest BCUT2D eigenvalue weighted by atomic mass is 10.1. The zero-order valence-corrected chi connectivity index (χ0v) is 10.7. The van der Waals surface area contributed by atoms with E-state index in [0.29, 0.717) is 6.54 Å². The quantitative estimate of drug-likeness (QED) is 0.889. The SMILES string of the molecule is NCCc1ccc2[nH]c(C3CC3)c(Br)c2c1. The topological polar surface area (TPSA) is 41.8 Å². The summed E-state index contributed by atoms with van der Waals surface area (Å²) in [5.41, 5.74) is 9.51. The van der Waals surface area contributed by atoms with Crippen LogP contribution in [0.5, 0.6) is 0 Å². The Labute approximate surface area is 103 Å². The van der Waals surface area contributed by atoms with Crippen LogP contribution >= 0.6 is 15.9 Å². The number of H-pyrrole nitrogens is 1. The molecule has 0 bridgehead atoms. The number of hydrogen-bond acceptors (Lipinski definition) is 1. The van der Waals surface area contributed by atoms with Gasteiger partial charge in [0.15, 0.2) is 0 Å². The molecule has 0 aliphatic heterocycles. The Bertz CT molecular complexity index is 526. The van der Waals surface area contributed by atoms with Gasteiger partial charge in [-0.25, -0.2) is 0 Å². The molecule has 1 saturated carbocycles. The molecule has 1 fully saturated rings. The van der Waals surface area contributed by atoms with Gasteiger partial charge in [0.1, 0.15) is 0 Å². The van der Waals surface area contributed by atoms with Gasteiger partial charge in [0.05, 0.1) is 0 Å². The van der Waals surface area contributed by atoms with Crippen molar-refractivity contribution in [2.75, 3.05) is 6.54 Å². The first kappa shape index (κ1) is 10.4. The van der Waals surface area contributed by atoms with Gasteiger partial charge in [-0.05, 0) is 59.4 Å². The van der Waals surface area contributed by atoms with Crippen LogP contribution in [-0.2, 0) is 6.42 Å². The van der Waals surface area contributed by atoms with Crippen molar-refractivity contribution in [3.63, 3.8) is 0 Å². The zero-order valence-electron chi connectivity index (χ0n) is 9.09. The lowest BCUT2D eigenvalue weighted by molar-refractivity contribution is 0.971. The van der Waals surface area contributed by atoms with Crippen LogP contribution in [0.3, 0.4) is 0 Å². The Morgan fingerprint density at radius 2 is 2.19 bits per heavy atom. The molecule has 0 atom stereocenters. The summed E-state index contributed by atoms with van der Waals surface area (Å²) in [5, 5.41) is 1.30. The van der Waals surface area contributed by atoms with E-state index in [2.05, 4.69) is 39.1 Å². The van der Waals surface area contributed by atoms with Gasteiger partial charge in [-0.3, -0.25) is 0 Å². The number of aromatic nitrogens is 1. The summed E-state index contributed by atoms with van der Waals surface area (Å²) >= 11 is 3.72. The fourth-order valence-corrected chi connectivity index (χ4v) is 2.95. The van der Waals surface area contributed by atoms with Gasteiger partial charge in [0, 0.05) is 27.0 Å². The van der Waals surface area contributed by atoms with Crippen molar-refractivity contribution in [1.82, 2.24) is 4.98 Å². The maximum absolute atomic E-state index is 5.59. The molecule has 2 nitrogen and oxygen atoms in total. The summed E-state index contributed by atoms with van der Waals surface area (Å²) in [6.45, 7) is 0.711. The number of benzene rings is 1. The molecule has 1 aliphatic rings. The van der Waals surface area contributed by atoms with Crippen molar-refractivity contribution < 1.29 is 0 Å². The van der Waals surface area contributed by atoms with Crippen LogP contribution in [0.2, 0.25) is 0 Å². The highest BCUT2D eigenvalue weighted by Crippen LogP contribution is 2.45. The summed E-state index contributed by atoms with van der Waals surface area (Å²) in [7, 11) is 0. The minimum Gasteiger partial charge on any atom is -0.357 e. The first-order chi connectivity index (χ1) is 7.79. The summed E-state index contributed by atoms with van der Waals surface area (Å²) in [6.07, 6.45) is 3.59. The summed E-state index contributed by atoms with van der Waals surface area (Å²) in [4.78, 5) is 3.52. The molecule has 2 aromatic rings. The minimum atomic E-state index is 0.711. The van der Waals surface area contributed by atoms with E-state index in [-0.39, 0.29) is 0 Å². The number of halogens is 1. The van der Waals surface area contributed by atoms with Gasteiger partial charge in [-0.1, -0.05) is 6.07 Å². The molecule has 3 N–H and O–H groups in total. The Kier molecular flexibility index (Phi) is 2.52. The minimum absolute atomic E-state index is 0.711. The van der Waals surface area contributed by atoms with Crippen LogP contribution in [0.25, 0.3) is 10.9 Å². The predicted octanol–water partition coefficient (Wildman–Crippen LogP) is 3.31. The molecule has 16 heavy (non-hydrogen) atoms. The van der Waals surface area contributed by atoms with E-state index < -0.39 is 0 Å². The van der Waals surface area contributed by atoms with E-state index >= 15 is 0 Å². The Balaban J connectivity index is 2.11. The lowest BCUT2D eigenvalue weighted by Crippen LogP contribution is -2.02. The second kappa shape index (κ2) is 3.90. The average Bonchev–Trinajstić information content (AvgIpc) is 3.07. The average molecular weight is 279 g/mol. The van der Waals surface area contributed by atoms with E-state index in [1.54, 1.807) is 0 Å². The standard InChI is InChI=1S/C13H15BrN2/c14-12-10-7-8(5-6-15)1-4-11(10)16-13(12)9-2-3-9/h1,4,7,9,16H,2-3,5-6,15H2. The first-order valence-electron chi connectivity index (χ1n) is 5.79. The number of nitrogens with one attached hydrogen (secondary N) is 1. The molecule has 1 aromatic heterocycles. The fraction of sp³-hybridized carbons (Fsp3) is 0.385. The molecular formula is C13H15BrN2. The monoisotopic (exact) mass is 278 g/mol. The van der Waals surface area contributed by atoms with Crippen molar-refractivity contribution in [2.45, 2.75) is 25.2 Å². The fourth-order valence-electron chi connectivity index (χ4n) is 2.20. The van der Waals surface area contributed by atoms with Crippen molar-refractivity contribution in [3.05, 3.63) is 33.9 Å². The van der Waals surface area contributed by atoms with Crippen molar-refractivity contribution in [3.8, 4) is 0 Å². The molecular weight excluding hydrogens is 264 g/mol. The third-order valence-corrected chi connectivity index (χ3v) is 4.10. The van der Waals surface area contributed by atoms with Crippen LogP contribution in [0.15, 0.2) is 22.7 Å². The van der Waals surface area contributed by atoms with Gasteiger partial charge < -0.3 is 10.7 Å². The molecule has 0 spiro atoms. The molecule has 3 heteroatoms. The van der Waals surface area contributed by atoms with Crippen LogP contribution < -0.4 is 5.73 Å². The molecule has 1 aromatic carbocycles. The van der Waals surface area contributed by atoms with E-state index in [4.69, 9.17) is 5.73 Å². The van der Waals surface area contributed by atoms with E-state index in [9.17, 15) is 0 Å². The van der Waals surface area contributed by atoms with Crippen molar-refractivity contribution >= 4 is 26.8 Å². The van der Waals surface area contributed by atoms with Crippen molar-refractivity contribution in [2.24, 2.45) is 5.73 Å². The Morgan fingerprint density at radius 1 is 1.38 bits per heavy atom. The van der Waals surface area contributed by atoms with Gasteiger partial charge >= 0.3 is 0 Å². The maximum atomic E-state index is 5.59. The number of rotatable bonds is 3. The molecule has 1 heterocycles. The van der Waals surface area contributed by atoms with Crippen LogP contribution in [0.4, 0.5) is 0 Å². The molecule has 0 unspecified atom stereocenters. The number of hydrogen-bond donors (Lipinski definition) is 2. The zero-order chi connectivity index (χ0) is 11.1. The molecule has 1 aliphatic carbocycles. The summed E-state index contributed by atoms with van der Waals surface area (Å²) in [6, 6.07) is 6.57. The third-order valence-electron chi connectivity index (χ3n) is 3.24. The smallest absolute Gasteiger partial charge is 0.0468 e. The second-order valence-corrected chi connectivity index (χ2v) is 5.34. The van der Waals surface area contributed by atoms with Gasteiger partial charge in [-0.15, -0.1) is 0 Å². The largest absolute Gasteiger partial charge is 0.357 e. The molecule has 3 rings (SSSR count). The van der Waals surface area contributed by atoms with Gasteiger partial charge in [-0.2, -0.15) is 0 Å². The second-order valence-electron chi connectivity index (χ2n) is 4.55. The molecule has 0 saturated heterocycles. The van der Waals surface area contributed by atoms with E-state index in [1.807, 2.05) is 0 Å². The Morgan fingerprint density at radius 3 is 2.88 bits per heavy atom. The molecule has 84 valence electrons. The lowest BCUT2D eigenvalue weighted by Gasteiger charge is -1.98. The Hall–Kier alpha value is -0.800. The first-order valence-corrected chi connectivity index (χ1v) is 6.59. The highest BCUT2D eigenvalue weighted by molar-refractivity contribution is 9.10. The maximum Gasteiger partial charge on any atom is 0.0468 e. The van der Waals surface area contributed by atoms with E-state index in [1.165, 1.54) is 39.5 Å². The summed E-state index contributed by atoms with van der Waals surface area (Å²) in [5.74, 6) is 0.750. The van der Waals surface area contributed by atoms with Gasteiger partial charge in [0.25, 0.3) is 0 Å². The number of aromatic amines is 1. The number of fused-ring (bicyclic) bond motifs is 1. The normalized spacial score (nSPS) is 15.9. The molecule has 0 amide bonds. The highest BCUT2D eigenvalue weighted by atomic mass is 79.9. The predicted molar refractivity (Wildman–Crippen MR) is 70.7 cm³/mol. The number of nitrogens with two attached hydrogens (primary N) is 1. The van der Waals surface area contributed by atoms with Gasteiger partial charge in [0.2, 0.25) is 0 Å². The third kappa shape index (κ3) is 1.68. The van der Waals surface area contributed by atoms with Crippen molar-refractivity contribution in [1.29, 1.82) is 0 Å².